The van der Waals surface area contributed by atoms with E-state index < -0.39 is 0 Å². The highest BCUT2D eigenvalue weighted by Gasteiger charge is 2.27. The van der Waals surface area contributed by atoms with Gasteiger partial charge < -0.3 is 10.6 Å². The van der Waals surface area contributed by atoms with E-state index in [2.05, 4.69) is 17.6 Å². The summed E-state index contributed by atoms with van der Waals surface area (Å²) in [5.74, 6) is 1.65. The Balaban J connectivity index is 1.98. The van der Waals surface area contributed by atoms with Gasteiger partial charge in [-0.25, -0.2) is 4.79 Å². The summed E-state index contributed by atoms with van der Waals surface area (Å²) in [6.45, 7) is 5.71. The molecule has 0 radical (unpaired) electrons. The second-order valence-electron chi connectivity index (χ2n) is 3.85. The first-order valence-electron chi connectivity index (χ1n) is 5.27. The summed E-state index contributed by atoms with van der Waals surface area (Å²) in [4.78, 5) is 11.0. The van der Waals surface area contributed by atoms with E-state index >= 15 is 0 Å². The molecule has 0 aromatic heterocycles. The predicted octanol–water partition coefficient (Wildman–Crippen LogP) is 1.74. The third-order valence-electron chi connectivity index (χ3n) is 2.80. The first-order valence-corrected chi connectivity index (χ1v) is 5.27. The predicted molar refractivity (Wildman–Crippen MR) is 53.6 cm³/mol. The molecule has 0 aromatic rings. The van der Waals surface area contributed by atoms with Gasteiger partial charge in [0.05, 0.1) is 0 Å². The highest BCUT2D eigenvalue weighted by atomic mass is 16.2. The van der Waals surface area contributed by atoms with Gasteiger partial charge in [0.1, 0.15) is 0 Å². The van der Waals surface area contributed by atoms with Gasteiger partial charge in [-0.3, -0.25) is 0 Å². The van der Waals surface area contributed by atoms with E-state index in [0.29, 0.717) is 6.54 Å². The standard InChI is InChI=1S/C10H20N2O/c1-3-8-5-9(6-8)7-12-10(13)11-4-2/h8-9H,3-7H2,1-2H3,(H2,11,12,13). The fraction of sp³-hybridized carbons (Fsp3) is 0.900. The smallest absolute Gasteiger partial charge is 0.314 e. The largest absolute Gasteiger partial charge is 0.338 e. The molecule has 0 spiro atoms. The van der Waals surface area contributed by atoms with Crippen LogP contribution in [0.25, 0.3) is 0 Å². The molecule has 2 amide bonds. The van der Waals surface area contributed by atoms with Crippen LogP contribution < -0.4 is 10.6 Å². The number of nitrogens with one attached hydrogen (secondary N) is 2. The van der Waals surface area contributed by atoms with Gasteiger partial charge in [-0.05, 0) is 31.6 Å². The van der Waals surface area contributed by atoms with Crippen LogP contribution in [0.1, 0.15) is 33.1 Å². The van der Waals surface area contributed by atoms with Gasteiger partial charge in [0.2, 0.25) is 0 Å². The van der Waals surface area contributed by atoms with Crippen LogP contribution in [0.4, 0.5) is 4.79 Å². The van der Waals surface area contributed by atoms with Crippen molar-refractivity contribution in [1.29, 1.82) is 0 Å². The average Bonchev–Trinajstić information content (AvgIpc) is 2.02. The molecule has 1 saturated carbocycles. The molecule has 1 aliphatic rings. The number of carbonyl (C=O) groups excluding carboxylic acids is 1. The van der Waals surface area contributed by atoms with Gasteiger partial charge in [-0.2, -0.15) is 0 Å². The molecular weight excluding hydrogens is 164 g/mol. The van der Waals surface area contributed by atoms with Crippen molar-refractivity contribution in [3.05, 3.63) is 0 Å². The van der Waals surface area contributed by atoms with Crippen LogP contribution in [-0.2, 0) is 0 Å². The van der Waals surface area contributed by atoms with Gasteiger partial charge in [0, 0.05) is 13.1 Å². The molecule has 3 nitrogen and oxygen atoms in total. The molecule has 1 rings (SSSR count). The Morgan fingerprint density at radius 2 is 1.92 bits per heavy atom. The summed E-state index contributed by atoms with van der Waals surface area (Å²) in [5, 5.41) is 5.60. The van der Waals surface area contributed by atoms with Crippen molar-refractivity contribution < 1.29 is 4.79 Å². The molecule has 1 fully saturated rings. The molecular formula is C10H20N2O. The summed E-state index contributed by atoms with van der Waals surface area (Å²) in [5.41, 5.74) is 0. The lowest BCUT2D eigenvalue weighted by Crippen LogP contribution is -2.41. The molecule has 0 aromatic carbocycles. The zero-order chi connectivity index (χ0) is 9.68. The first-order chi connectivity index (χ1) is 6.26. The normalized spacial score (nSPS) is 26.3. The lowest BCUT2D eigenvalue weighted by atomic mass is 9.73. The number of rotatable bonds is 4. The Kier molecular flexibility index (Phi) is 4.06. The van der Waals surface area contributed by atoms with Crippen molar-refractivity contribution in [1.82, 2.24) is 10.6 Å². The van der Waals surface area contributed by atoms with E-state index in [4.69, 9.17) is 0 Å². The number of carbonyl (C=O) groups is 1. The van der Waals surface area contributed by atoms with Crippen molar-refractivity contribution in [3.8, 4) is 0 Å². The zero-order valence-corrected chi connectivity index (χ0v) is 8.60. The molecule has 0 unspecified atom stereocenters. The van der Waals surface area contributed by atoms with E-state index in [1.165, 1.54) is 19.3 Å². The van der Waals surface area contributed by atoms with E-state index in [-0.39, 0.29) is 6.03 Å². The van der Waals surface area contributed by atoms with Gasteiger partial charge in [0.25, 0.3) is 0 Å². The van der Waals surface area contributed by atoms with E-state index in [0.717, 1.165) is 18.4 Å². The molecule has 0 atom stereocenters. The fourth-order valence-electron chi connectivity index (χ4n) is 1.83. The molecule has 76 valence electrons. The van der Waals surface area contributed by atoms with Gasteiger partial charge >= 0.3 is 6.03 Å². The Bertz CT molecular complexity index is 164. The van der Waals surface area contributed by atoms with Crippen molar-refractivity contribution in [2.45, 2.75) is 33.1 Å². The van der Waals surface area contributed by atoms with E-state index in [1.807, 2.05) is 6.92 Å². The molecule has 0 bridgehead atoms. The van der Waals surface area contributed by atoms with Crippen molar-refractivity contribution >= 4 is 6.03 Å². The number of hydrogen-bond donors (Lipinski definition) is 2. The summed E-state index contributed by atoms with van der Waals surface area (Å²) in [6.07, 6.45) is 3.88. The molecule has 0 saturated heterocycles. The maximum atomic E-state index is 11.0. The number of amides is 2. The quantitative estimate of drug-likeness (QED) is 0.686. The lowest BCUT2D eigenvalue weighted by molar-refractivity contribution is 0.181. The zero-order valence-electron chi connectivity index (χ0n) is 8.60. The molecule has 0 aliphatic heterocycles. The fourth-order valence-corrected chi connectivity index (χ4v) is 1.83. The Morgan fingerprint density at radius 1 is 1.23 bits per heavy atom. The van der Waals surface area contributed by atoms with Crippen LogP contribution in [0.15, 0.2) is 0 Å². The van der Waals surface area contributed by atoms with Gasteiger partial charge in [-0.15, -0.1) is 0 Å². The van der Waals surface area contributed by atoms with Crippen LogP contribution in [0.5, 0.6) is 0 Å². The lowest BCUT2D eigenvalue weighted by Gasteiger charge is -2.34. The van der Waals surface area contributed by atoms with Crippen LogP contribution in [0.2, 0.25) is 0 Å². The Hall–Kier alpha value is -0.730. The van der Waals surface area contributed by atoms with Crippen LogP contribution in [-0.4, -0.2) is 19.1 Å². The highest BCUT2D eigenvalue weighted by Crippen LogP contribution is 2.35. The average molecular weight is 184 g/mol. The number of hydrogen-bond acceptors (Lipinski definition) is 1. The minimum atomic E-state index is -0.0255. The van der Waals surface area contributed by atoms with Crippen LogP contribution in [0.3, 0.4) is 0 Å². The molecule has 13 heavy (non-hydrogen) atoms. The van der Waals surface area contributed by atoms with Crippen molar-refractivity contribution in [2.24, 2.45) is 11.8 Å². The maximum Gasteiger partial charge on any atom is 0.314 e. The topological polar surface area (TPSA) is 41.1 Å². The van der Waals surface area contributed by atoms with Crippen LogP contribution >= 0.6 is 0 Å². The minimum absolute atomic E-state index is 0.0255. The minimum Gasteiger partial charge on any atom is -0.338 e. The van der Waals surface area contributed by atoms with Crippen LogP contribution in [0, 0.1) is 11.8 Å². The number of urea groups is 1. The summed E-state index contributed by atoms with van der Waals surface area (Å²) >= 11 is 0. The second-order valence-corrected chi connectivity index (χ2v) is 3.85. The Morgan fingerprint density at radius 3 is 2.46 bits per heavy atom. The summed E-state index contributed by atoms with van der Waals surface area (Å²) in [6, 6.07) is -0.0255. The summed E-state index contributed by atoms with van der Waals surface area (Å²) < 4.78 is 0. The SMILES string of the molecule is CCNC(=O)NCC1CC(CC)C1. The van der Waals surface area contributed by atoms with Crippen molar-refractivity contribution in [2.75, 3.05) is 13.1 Å². The molecule has 1 aliphatic carbocycles. The Labute approximate surface area is 80.3 Å². The van der Waals surface area contributed by atoms with Crippen molar-refractivity contribution in [3.63, 3.8) is 0 Å². The molecule has 3 heteroatoms. The third-order valence-corrected chi connectivity index (χ3v) is 2.80. The monoisotopic (exact) mass is 184 g/mol. The third kappa shape index (κ3) is 3.25. The second kappa shape index (κ2) is 5.10. The van der Waals surface area contributed by atoms with Gasteiger partial charge in [-0.1, -0.05) is 13.3 Å². The molecule has 2 N–H and O–H groups in total. The van der Waals surface area contributed by atoms with E-state index in [9.17, 15) is 4.79 Å². The first kappa shape index (κ1) is 10.4. The maximum absolute atomic E-state index is 11.0. The summed E-state index contributed by atoms with van der Waals surface area (Å²) in [7, 11) is 0. The highest BCUT2D eigenvalue weighted by molar-refractivity contribution is 5.73. The van der Waals surface area contributed by atoms with Gasteiger partial charge in [0.15, 0.2) is 0 Å². The van der Waals surface area contributed by atoms with E-state index in [1.54, 1.807) is 0 Å². The molecule has 0 heterocycles.